The van der Waals surface area contributed by atoms with Gasteiger partial charge >= 0.3 is 0 Å². The number of fused-ring (bicyclic) bond motifs is 1. The number of amides is 2. The van der Waals surface area contributed by atoms with Gasteiger partial charge < -0.3 is 20.3 Å². The predicted octanol–water partition coefficient (Wildman–Crippen LogP) is 4.08. The fraction of sp³-hybridized carbons (Fsp3) is 0.385. The fourth-order valence-electron chi connectivity index (χ4n) is 5.04. The van der Waals surface area contributed by atoms with Gasteiger partial charge in [-0.25, -0.2) is 0 Å². The van der Waals surface area contributed by atoms with E-state index in [-0.39, 0.29) is 29.8 Å². The Kier molecular flexibility index (Phi) is 6.59. The highest BCUT2D eigenvalue weighted by Gasteiger charge is 2.31. The summed E-state index contributed by atoms with van der Waals surface area (Å²) in [6.07, 6.45) is 4.37. The molecule has 2 aromatic carbocycles. The Morgan fingerprint density at radius 2 is 2.06 bits per heavy atom. The Bertz CT molecular complexity index is 1110. The van der Waals surface area contributed by atoms with Crippen molar-refractivity contribution in [1.29, 1.82) is 0 Å². The standard InChI is InChI=1S/C26H29ClN4O3/c1-17-15-30(23-8-9-25(32)29-22-5-3-2-4-20(22)23)11-12-31(17)24-7-6-19(14-21(24)27)28-26(33)18-10-13-34-16-18/h2-9,14,17-18,23H,10-13,15-16H2,1H3,(H,28,33)(H,29,32)/t17-,18?,23?/m1/s1. The maximum absolute atomic E-state index is 12.4. The minimum Gasteiger partial charge on any atom is -0.381 e. The van der Waals surface area contributed by atoms with Crippen LogP contribution in [0.25, 0.3) is 0 Å². The Labute approximate surface area is 204 Å². The molecule has 2 fully saturated rings. The lowest BCUT2D eigenvalue weighted by atomic mass is 10.0. The van der Waals surface area contributed by atoms with E-state index in [9.17, 15) is 9.59 Å². The number of anilines is 3. The van der Waals surface area contributed by atoms with E-state index >= 15 is 0 Å². The summed E-state index contributed by atoms with van der Waals surface area (Å²) in [4.78, 5) is 29.2. The number of benzene rings is 2. The average molecular weight is 481 g/mol. The van der Waals surface area contributed by atoms with Crippen molar-refractivity contribution < 1.29 is 14.3 Å². The maximum Gasteiger partial charge on any atom is 0.248 e. The minimum atomic E-state index is -0.0970. The van der Waals surface area contributed by atoms with Gasteiger partial charge in [-0.3, -0.25) is 14.5 Å². The molecule has 0 spiro atoms. The van der Waals surface area contributed by atoms with Crippen LogP contribution in [0.3, 0.4) is 0 Å². The van der Waals surface area contributed by atoms with Crippen molar-refractivity contribution in [2.75, 3.05) is 48.4 Å². The largest absolute Gasteiger partial charge is 0.381 e. The second-order valence-electron chi connectivity index (χ2n) is 9.13. The number of carbonyl (C=O) groups is 2. The summed E-state index contributed by atoms with van der Waals surface area (Å²) in [7, 11) is 0. The van der Waals surface area contributed by atoms with Crippen molar-refractivity contribution in [3.8, 4) is 0 Å². The number of halogens is 1. The molecule has 7 nitrogen and oxygen atoms in total. The molecule has 2 N–H and O–H groups in total. The third-order valence-corrected chi connectivity index (χ3v) is 7.15. The van der Waals surface area contributed by atoms with Crippen molar-refractivity contribution in [2.45, 2.75) is 25.4 Å². The first-order chi connectivity index (χ1) is 16.5. The Morgan fingerprint density at radius 1 is 1.21 bits per heavy atom. The first-order valence-electron chi connectivity index (χ1n) is 11.8. The van der Waals surface area contributed by atoms with Gasteiger partial charge in [0.1, 0.15) is 0 Å². The van der Waals surface area contributed by atoms with Gasteiger partial charge in [0.15, 0.2) is 0 Å². The van der Waals surface area contributed by atoms with E-state index in [1.165, 1.54) is 0 Å². The summed E-state index contributed by atoms with van der Waals surface area (Å²) in [5, 5.41) is 6.55. The normalized spacial score (nSPS) is 24.9. The molecule has 2 aromatic rings. The topological polar surface area (TPSA) is 73.9 Å². The van der Waals surface area contributed by atoms with Crippen LogP contribution in [0.5, 0.6) is 0 Å². The van der Waals surface area contributed by atoms with E-state index in [0.717, 1.165) is 43.0 Å². The van der Waals surface area contributed by atoms with Crippen molar-refractivity contribution in [3.63, 3.8) is 0 Å². The number of piperazine rings is 1. The molecule has 0 bridgehead atoms. The summed E-state index contributed by atoms with van der Waals surface area (Å²) in [6, 6.07) is 14.0. The number of hydrogen-bond donors (Lipinski definition) is 2. The quantitative estimate of drug-likeness (QED) is 0.690. The van der Waals surface area contributed by atoms with E-state index in [4.69, 9.17) is 16.3 Å². The van der Waals surface area contributed by atoms with Gasteiger partial charge in [0.05, 0.1) is 29.3 Å². The summed E-state index contributed by atoms with van der Waals surface area (Å²) >= 11 is 6.67. The molecule has 5 rings (SSSR count). The van der Waals surface area contributed by atoms with Crippen LogP contribution < -0.4 is 15.5 Å². The lowest BCUT2D eigenvalue weighted by molar-refractivity contribution is -0.119. The summed E-state index contributed by atoms with van der Waals surface area (Å²) in [5.74, 6) is -0.214. The minimum absolute atomic E-state index is 0.0204. The highest BCUT2D eigenvalue weighted by Crippen LogP contribution is 2.36. The van der Waals surface area contributed by atoms with Gasteiger partial charge in [-0.15, -0.1) is 0 Å². The molecule has 3 heterocycles. The van der Waals surface area contributed by atoms with Crippen LogP contribution >= 0.6 is 11.6 Å². The number of ether oxygens (including phenoxy) is 1. The van der Waals surface area contributed by atoms with Crippen molar-refractivity contribution in [1.82, 2.24) is 4.90 Å². The molecule has 2 unspecified atom stereocenters. The van der Waals surface area contributed by atoms with E-state index in [0.29, 0.717) is 23.9 Å². The lowest BCUT2D eigenvalue weighted by Gasteiger charge is -2.44. The lowest BCUT2D eigenvalue weighted by Crippen LogP contribution is -2.52. The number of para-hydroxylation sites is 1. The molecule has 3 aliphatic heterocycles. The van der Waals surface area contributed by atoms with Gasteiger partial charge in [0.25, 0.3) is 0 Å². The molecule has 0 saturated carbocycles. The number of nitrogens with one attached hydrogen (secondary N) is 2. The summed E-state index contributed by atoms with van der Waals surface area (Å²) < 4.78 is 5.31. The fourth-order valence-corrected chi connectivity index (χ4v) is 5.33. The van der Waals surface area contributed by atoms with Gasteiger partial charge in [-0.2, -0.15) is 0 Å². The molecule has 2 saturated heterocycles. The maximum atomic E-state index is 12.4. The van der Waals surface area contributed by atoms with Crippen LogP contribution in [-0.2, 0) is 14.3 Å². The zero-order chi connectivity index (χ0) is 23.7. The van der Waals surface area contributed by atoms with Crippen LogP contribution in [0.4, 0.5) is 17.1 Å². The van der Waals surface area contributed by atoms with Crippen LogP contribution in [0, 0.1) is 5.92 Å². The second-order valence-corrected chi connectivity index (χ2v) is 9.54. The van der Waals surface area contributed by atoms with Crippen LogP contribution in [0.2, 0.25) is 5.02 Å². The van der Waals surface area contributed by atoms with Crippen molar-refractivity contribution in [3.05, 3.63) is 65.2 Å². The first kappa shape index (κ1) is 22.9. The van der Waals surface area contributed by atoms with Gasteiger partial charge in [-0.05, 0) is 43.2 Å². The third-order valence-electron chi connectivity index (χ3n) is 6.84. The second kappa shape index (κ2) is 9.78. The molecule has 8 heteroatoms. The Hall–Kier alpha value is -2.87. The molecule has 178 valence electrons. The predicted molar refractivity (Wildman–Crippen MR) is 134 cm³/mol. The van der Waals surface area contributed by atoms with Crippen LogP contribution in [0.1, 0.15) is 24.9 Å². The molecule has 3 aliphatic rings. The number of nitrogens with zero attached hydrogens (tertiary/aromatic N) is 2. The summed E-state index contributed by atoms with van der Waals surface area (Å²) in [6.45, 7) is 5.77. The van der Waals surface area contributed by atoms with E-state index in [1.54, 1.807) is 6.08 Å². The smallest absolute Gasteiger partial charge is 0.248 e. The molecule has 0 aromatic heterocycles. The number of hydrogen-bond acceptors (Lipinski definition) is 5. The molecule has 0 aliphatic carbocycles. The molecule has 2 amide bonds. The van der Waals surface area contributed by atoms with Crippen LogP contribution in [0.15, 0.2) is 54.6 Å². The van der Waals surface area contributed by atoms with E-state index in [1.807, 2.05) is 42.5 Å². The zero-order valence-corrected chi connectivity index (χ0v) is 19.9. The molecule has 34 heavy (non-hydrogen) atoms. The van der Waals surface area contributed by atoms with Crippen molar-refractivity contribution >= 4 is 40.5 Å². The molecular formula is C26H29ClN4O3. The van der Waals surface area contributed by atoms with E-state index < -0.39 is 0 Å². The van der Waals surface area contributed by atoms with Crippen LogP contribution in [-0.4, -0.2) is 55.6 Å². The number of rotatable bonds is 4. The highest BCUT2D eigenvalue weighted by atomic mass is 35.5. The first-order valence-corrected chi connectivity index (χ1v) is 12.1. The highest BCUT2D eigenvalue weighted by molar-refractivity contribution is 6.33. The van der Waals surface area contributed by atoms with Gasteiger partial charge in [0.2, 0.25) is 11.8 Å². The molecule has 0 radical (unpaired) electrons. The van der Waals surface area contributed by atoms with Gasteiger partial charge in [-0.1, -0.05) is 35.9 Å². The van der Waals surface area contributed by atoms with E-state index in [2.05, 4.69) is 33.4 Å². The van der Waals surface area contributed by atoms with Gasteiger partial charge in [0, 0.05) is 49.7 Å². The molecule has 3 atom stereocenters. The SMILES string of the molecule is C[C@@H]1CN(C2C=CC(=O)Nc3ccccc32)CCN1c1ccc(NC(=O)C2CCOC2)cc1Cl. The Balaban J connectivity index is 1.28. The third kappa shape index (κ3) is 4.69. The monoisotopic (exact) mass is 480 g/mol. The Morgan fingerprint density at radius 3 is 2.82 bits per heavy atom. The molecular weight excluding hydrogens is 452 g/mol. The zero-order valence-electron chi connectivity index (χ0n) is 19.2. The van der Waals surface area contributed by atoms with Crippen molar-refractivity contribution in [2.24, 2.45) is 5.92 Å². The summed E-state index contributed by atoms with van der Waals surface area (Å²) in [5.41, 5.74) is 3.64. The number of carbonyl (C=O) groups excluding carboxylic acids is 2. The average Bonchev–Trinajstić information content (AvgIpc) is 3.30.